The number of rotatable bonds is 2. The molecule has 2 aromatic rings. The van der Waals surface area contributed by atoms with Gasteiger partial charge in [0.1, 0.15) is 0 Å². The van der Waals surface area contributed by atoms with Gasteiger partial charge in [-0.15, -0.1) is 0 Å². The van der Waals surface area contributed by atoms with Gasteiger partial charge in [-0.25, -0.2) is 8.42 Å². The number of benzene rings is 2. The lowest BCUT2D eigenvalue weighted by atomic mass is 9.72. The van der Waals surface area contributed by atoms with Crippen LogP contribution in [0.5, 0.6) is 0 Å². The van der Waals surface area contributed by atoms with Crippen molar-refractivity contribution in [1.82, 2.24) is 4.33 Å². The number of hydrazone groups is 1. The maximum Gasteiger partial charge on any atom is 0.484 e. The fourth-order valence-corrected chi connectivity index (χ4v) is 3.73. The van der Waals surface area contributed by atoms with E-state index in [4.69, 9.17) is 0 Å². The molecule has 5 nitrogen and oxygen atoms in total. The molecule has 2 aromatic carbocycles. The summed E-state index contributed by atoms with van der Waals surface area (Å²) >= 11 is 3.31. The quantitative estimate of drug-likeness (QED) is 0.813. The van der Waals surface area contributed by atoms with E-state index in [0.717, 1.165) is 8.80 Å². The Morgan fingerprint density at radius 3 is 2.57 bits per heavy atom. The number of halogens is 1. The molecule has 1 N–H and O–H groups in total. The van der Waals surface area contributed by atoms with Gasteiger partial charge in [-0.2, -0.15) is 9.43 Å². The van der Waals surface area contributed by atoms with Gasteiger partial charge in [-0.05, 0) is 35.3 Å². The number of sulfonamides is 1. The van der Waals surface area contributed by atoms with Crippen LogP contribution in [-0.2, 0) is 10.0 Å². The van der Waals surface area contributed by atoms with Gasteiger partial charge in [0.05, 0.1) is 11.1 Å². The number of hydrogen-bond donors (Lipinski definition) is 1. The number of nitrogens with zero attached hydrogens (tertiary/aromatic N) is 2. The van der Waals surface area contributed by atoms with E-state index in [2.05, 4.69) is 21.0 Å². The summed E-state index contributed by atoms with van der Waals surface area (Å²) in [6.07, 6.45) is 1.43. The molecule has 0 spiro atoms. The van der Waals surface area contributed by atoms with Gasteiger partial charge in [0.25, 0.3) is 10.0 Å². The summed E-state index contributed by atoms with van der Waals surface area (Å²) in [5.74, 6) is 0. The maximum atomic E-state index is 12.5. The van der Waals surface area contributed by atoms with Crippen molar-refractivity contribution >= 4 is 44.7 Å². The number of fused-ring (bicyclic) bond motifs is 1. The first-order valence-electron chi connectivity index (χ1n) is 6.11. The lowest BCUT2D eigenvalue weighted by Gasteiger charge is -2.26. The molecule has 0 atom stereocenters. The standard InChI is InChI=1S/C13H10BBrN2O3S/c15-11-7-6-10-9-16-17(14(18)13(10)8-11)21(19,20)12-4-2-1-3-5-12/h1-9,18H. The van der Waals surface area contributed by atoms with Crippen LogP contribution in [0.3, 0.4) is 0 Å². The lowest BCUT2D eigenvalue weighted by molar-refractivity contribution is 0.476. The molecule has 0 radical (unpaired) electrons. The minimum absolute atomic E-state index is 0.0830. The van der Waals surface area contributed by atoms with Gasteiger partial charge in [-0.1, -0.05) is 40.2 Å². The minimum Gasteiger partial charge on any atom is -0.427 e. The Morgan fingerprint density at radius 2 is 1.86 bits per heavy atom. The van der Waals surface area contributed by atoms with E-state index < -0.39 is 17.1 Å². The summed E-state index contributed by atoms with van der Waals surface area (Å²) in [6.45, 7) is 0. The average Bonchev–Trinajstić information content (AvgIpc) is 2.49. The zero-order valence-corrected chi connectivity index (χ0v) is 13.1. The van der Waals surface area contributed by atoms with Crippen LogP contribution in [0.1, 0.15) is 5.56 Å². The molecule has 0 amide bonds. The molecule has 0 aromatic heterocycles. The summed E-state index contributed by atoms with van der Waals surface area (Å²) in [6, 6.07) is 13.1. The molecule has 3 rings (SSSR count). The van der Waals surface area contributed by atoms with Crippen molar-refractivity contribution in [2.45, 2.75) is 4.90 Å². The van der Waals surface area contributed by atoms with Crippen LogP contribution in [0.2, 0.25) is 0 Å². The molecule has 106 valence electrons. The molecule has 0 bridgehead atoms. The van der Waals surface area contributed by atoms with Gasteiger partial charge >= 0.3 is 7.05 Å². The fourth-order valence-electron chi connectivity index (χ4n) is 2.08. The Kier molecular flexibility index (Phi) is 3.60. The zero-order valence-electron chi connectivity index (χ0n) is 10.7. The smallest absolute Gasteiger partial charge is 0.427 e. The lowest BCUT2D eigenvalue weighted by Crippen LogP contribution is -2.52. The second-order valence-electron chi connectivity index (χ2n) is 4.48. The summed E-state index contributed by atoms with van der Waals surface area (Å²) in [4.78, 5) is 0.0830. The molecule has 8 heteroatoms. The first-order valence-corrected chi connectivity index (χ1v) is 8.34. The predicted molar refractivity (Wildman–Crippen MR) is 84.8 cm³/mol. The molecule has 0 fully saturated rings. The molecule has 0 saturated carbocycles. The fraction of sp³-hybridized carbons (Fsp3) is 0. The molecule has 0 aliphatic carbocycles. The van der Waals surface area contributed by atoms with E-state index in [0.29, 0.717) is 11.0 Å². The number of hydrogen-bond acceptors (Lipinski definition) is 4. The van der Waals surface area contributed by atoms with Gasteiger partial charge in [0, 0.05) is 4.47 Å². The second kappa shape index (κ2) is 5.29. The summed E-state index contributed by atoms with van der Waals surface area (Å²) in [5, 5.41) is 14.2. The van der Waals surface area contributed by atoms with Gasteiger partial charge in [0.15, 0.2) is 0 Å². The normalized spacial score (nSPS) is 14.2. The zero-order chi connectivity index (χ0) is 15.0. The average molecular weight is 365 g/mol. The summed E-state index contributed by atoms with van der Waals surface area (Å²) in [7, 11) is -5.25. The second-order valence-corrected chi connectivity index (χ2v) is 7.19. The van der Waals surface area contributed by atoms with E-state index >= 15 is 0 Å². The van der Waals surface area contributed by atoms with Crippen LogP contribution in [-0.4, -0.2) is 31.0 Å². The molecular weight excluding hydrogens is 355 g/mol. The molecule has 21 heavy (non-hydrogen) atoms. The third-order valence-corrected chi connectivity index (χ3v) is 5.28. The van der Waals surface area contributed by atoms with Gasteiger partial charge in [0.2, 0.25) is 0 Å². The molecule has 0 saturated heterocycles. The van der Waals surface area contributed by atoms with Crippen molar-refractivity contribution in [2.24, 2.45) is 5.10 Å². The first kappa shape index (κ1) is 14.3. The molecular formula is C13H10BBrN2O3S. The highest BCUT2D eigenvalue weighted by molar-refractivity contribution is 9.10. The van der Waals surface area contributed by atoms with Crippen molar-refractivity contribution in [1.29, 1.82) is 0 Å². The maximum absolute atomic E-state index is 12.5. The largest absolute Gasteiger partial charge is 0.484 e. The molecule has 1 aliphatic rings. The monoisotopic (exact) mass is 364 g/mol. The van der Waals surface area contributed by atoms with Crippen LogP contribution in [0.15, 0.2) is 63.0 Å². The van der Waals surface area contributed by atoms with Crippen LogP contribution in [0, 0.1) is 0 Å². The third kappa shape index (κ3) is 2.50. The Morgan fingerprint density at radius 1 is 1.14 bits per heavy atom. The van der Waals surface area contributed by atoms with Crippen molar-refractivity contribution in [3.63, 3.8) is 0 Å². The van der Waals surface area contributed by atoms with E-state index in [9.17, 15) is 13.4 Å². The van der Waals surface area contributed by atoms with Crippen molar-refractivity contribution < 1.29 is 13.4 Å². The molecule has 1 heterocycles. The highest BCUT2D eigenvalue weighted by Crippen LogP contribution is 2.20. The van der Waals surface area contributed by atoms with Crippen LogP contribution >= 0.6 is 15.9 Å². The van der Waals surface area contributed by atoms with E-state index in [-0.39, 0.29) is 4.90 Å². The van der Waals surface area contributed by atoms with Crippen molar-refractivity contribution in [3.05, 3.63) is 58.6 Å². The van der Waals surface area contributed by atoms with Crippen molar-refractivity contribution in [3.8, 4) is 0 Å². The van der Waals surface area contributed by atoms with Gasteiger partial charge in [-0.3, -0.25) is 0 Å². The Bertz CT molecular complexity index is 811. The van der Waals surface area contributed by atoms with E-state index in [1.165, 1.54) is 18.3 Å². The first-order chi connectivity index (χ1) is 10.00. The van der Waals surface area contributed by atoms with E-state index in [1.54, 1.807) is 36.4 Å². The Labute approximate surface area is 131 Å². The van der Waals surface area contributed by atoms with E-state index in [1.807, 2.05) is 0 Å². The molecule has 0 unspecified atom stereocenters. The third-order valence-electron chi connectivity index (χ3n) is 3.13. The SMILES string of the molecule is O=S(=O)(c1ccccc1)N1N=Cc2ccc(Br)cc2B1O. The highest BCUT2D eigenvalue weighted by atomic mass is 79.9. The summed E-state index contributed by atoms with van der Waals surface area (Å²) in [5.41, 5.74) is 1.17. The van der Waals surface area contributed by atoms with Gasteiger partial charge < -0.3 is 5.02 Å². The Balaban J connectivity index is 2.06. The molecule has 1 aliphatic heterocycles. The predicted octanol–water partition coefficient (Wildman–Crippen LogP) is 1.18. The topological polar surface area (TPSA) is 70.0 Å². The highest BCUT2D eigenvalue weighted by Gasteiger charge is 2.38. The van der Waals surface area contributed by atoms with Crippen molar-refractivity contribution in [2.75, 3.05) is 0 Å². The summed E-state index contributed by atoms with van der Waals surface area (Å²) < 4.78 is 26.5. The Hall–Kier alpha value is -1.64. The van der Waals surface area contributed by atoms with Crippen LogP contribution in [0.25, 0.3) is 0 Å². The minimum atomic E-state index is -3.90. The van der Waals surface area contributed by atoms with Crippen LogP contribution in [0.4, 0.5) is 0 Å². The van der Waals surface area contributed by atoms with Crippen LogP contribution < -0.4 is 5.46 Å².